The van der Waals surface area contributed by atoms with E-state index in [1.54, 1.807) is 17.0 Å². The lowest BCUT2D eigenvalue weighted by Gasteiger charge is -2.35. The first kappa shape index (κ1) is 18.9. The number of carbonyl (C=O) groups excluding carboxylic acids is 1. The van der Waals surface area contributed by atoms with Gasteiger partial charge in [-0.2, -0.15) is 10.4 Å². The van der Waals surface area contributed by atoms with E-state index in [-0.39, 0.29) is 6.03 Å². The summed E-state index contributed by atoms with van der Waals surface area (Å²) in [5.74, 6) is 5.17. The Balaban J connectivity index is 1.67. The van der Waals surface area contributed by atoms with Gasteiger partial charge in [-0.1, -0.05) is 23.7 Å². The number of halogens is 1. The van der Waals surface area contributed by atoms with Gasteiger partial charge < -0.3 is 15.6 Å². The summed E-state index contributed by atoms with van der Waals surface area (Å²) in [4.78, 5) is 20.7. The van der Waals surface area contributed by atoms with Gasteiger partial charge in [0, 0.05) is 24.7 Å². The number of nitrogens with two attached hydrogens (primary N) is 1. The first-order valence-corrected chi connectivity index (χ1v) is 9.18. The van der Waals surface area contributed by atoms with E-state index >= 15 is 0 Å². The van der Waals surface area contributed by atoms with Gasteiger partial charge in [0.15, 0.2) is 0 Å². The fourth-order valence-electron chi connectivity index (χ4n) is 3.38. The van der Waals surface area contributed by atoms with E-state index in [0.29, 0.717) is 61.9 Å². The maximum Gasteiger partial charge on any atom is 0.320 e. The van der Waals surface area contributed by atoms with Crippen molar-refractivity contribution in [3.63, 3.8) is 0 Å². The molecule has 3 rings (SSSR count). The van der Waals surface area contributed by atoms with Crippen molar-refractivity contribution in [2.24, 2.45) is 15.9 Å². The van der Waals surface area contributed by atoms with Gasteiger partial charge in [-0.15, -0.1) is 0 Å². The fraction of sp³-hybridized carbons (Fsp3) is 0.368. The number of urea groups is 1. The second-order valence-corrected chi connectivity index (χ2v) is 6.88. The Hall–Kier alpha value is -2.85. The maximum atomic E-state index is 12.8. The van der Waals surface area contributed by atoms with Crippen molar-refractivity contribution < 1.29 is 4.79 Å². The van der Waals surface area contributed by atoms with Crippen LogP contribution in [0, 0.1) is 11.3 Å². The van der Waals surface area contributed by atoms with Crippen molar-refractivity contribution >= 4 is 35.1 Å². The summed E-state index contributed by atoms with van der Waals surface area (Å²) in [7, 11) is 0. The molecule has 2 amide bonds. The Morgan fingerprint density at radius 3 is 2.74 bits per heavy atom. The zero-order chi connectivity index (χ0) is 19.2. The van der Waals surface area contributed by atoms with Crippen LogP contribution in [0.5, 0.6) is 0 Å². The normalized spacial score (nSPS) is 17.6. The largest absolute Gasteiger partial charge is 0.324 e. The van der Waals surface area contributed by atoms with Crippen molar-refractivity contribution in [1.82, 2.24) is 9.80 Å². The number of hydrogen-bond acceptors (Lipinski definition) is 5. The van der Waals surface area contributed by atoms with E-state index in [1.165, 1.54) is 6.21 Å². The predicted molar refractivity (Wildman–Crippen MR) is 107 cm³/mol. The van der Waals surface area contributed by atoms with Crippen LogP contribution in [0.1, 0.15) is 18.4 Å². The predicted octanol–water partition coefficient (Wildman–Crippen LogP) is 2.53. The average molecular weight is 385 g/mol. The molecule has 0 spiro atoms. The van der Waals surface area contributed by atoms with E-state index in [4.69, 9.17) is 17.4 Å². The van der Waals surface area contributed by atoms with Crippen LogP contribution in [0.15, 0.2) is 39.9 Å². The van der Waals surface area contributed by atoms with Gasteiger partial charge in [-0.25, -0.2) is 4.79 Å². The van der Waals surface area contributed by atoms with Gasteiger partial charge in [0.05, 0.1) is 36.7 Å². The van der Waals surface area contributed by atoms with Crippen molar-refractivity contribution in [3.8, 4) is 6.07 Å². The molecule has 8 heteroatoms. The number of benzene rings is 1. The van der Waals surface area contributed by atoms with E-state index in [1.807, 2.05) is 17.0 Å². The molecule has 1 aromatic carbocycles. The molecule has 2 heterocycles. The number of hydrazone groups is 1. The molecule has 0 aromatic heterocycles. The van der Waals surface area contributed by atoms with Gasteiger partial charge in [0.1, 0.15) is 0 Å². The van der Waals surface area contributed by atoms with Gasteiger partial charge in [-0.3, -0.25) is 4.99 Å². The number of amides is 2. The van der Waals surface area contributed by atoms with Gasteiger partial charge in [0.2, 0.25) is 0 Å². The number of rotatable bonds is 2. The summed E-state index contributed by atoms with van der Waals surface area (Å²) in [5, 5.41) is 13.7. The smallest absolute Gasteiger partial charge is 0.320 e. The van der Waals surface area contributed by atoms with Crippen LogP contribution in [0.3, 0.4) is 0 Å². The molecule has 2 N–H and O–H groups in total. The number of nitrogens with zero attached hydrogens (tertiary/aromatic N) is 5. The van der Waals surface area contributed by atoms with E-state index in [2.05, 4.69) is 16.2 Å². The van der Waals surface area contributed by atoms with Crippen LogP contribution < -0.4 is 5.84 Å². The molecule has 2 aliphatic heterocycles. The molecule has 0 bridgehead atoms. The molecule has 0 unspecified atom stereocenters. The fourth-order valence-corrected chi connectivity index (χ4v) is 3.57. The molecule has 0 atom stereocenters. The summed E-state index contributed by atoms with van der Waals surface area (Å²) >= 11 is 6.05. The number of hydrogen-bond donors (Lipinski definition) is 1. The van der Waals surface area contributed by atoms with Crippen LogP contribution in [-0.2, 0) is 0 Å². The standard InChI is InChI=1S/C19H21ClN6O/c20-16-3-1-2-15(10-16)18(11-21)14-4-7-25(8-5-14)19(27)26-9-6-23-17(13-26)12-24-22/h1-3,10,12H,4-9,13,22H2/b24-12-. The Morgan fingerprint density at radius 1 is 1.30 bits per heavy atom. The van der Waals surface area contributed by atoms with Crippen LogP contribution in [0.2, 0.25) is 5.02 Å². The summed E-state index contributed by atoms with van der Waals surface area (Å²) in [6.07, 6.45) is 2.85. The Kier molecular flexibility index (Phi) is 6.09. The molecule has 0 radical (unpaired) electrons. The third kappa shape index (κ3) is 4.47. The zero-order valence-electron chi connectivity index (χ0n) is 14.9. The molecule has 27 heavy (non-hydrogen) atoms. The summed E-state index contributed by atoms with van der Waals surface area (Å²) in [6.45, 7) is 2.75. The lowest BCUT2D eigenvalue weighted by atomic mass is 9.94. The maximum absolute atomic E-state index is 12.8. The van der Waals surface area contributed by atoms with Crippen LogP contribution in [0.25, 0.3) is 5.57 Å². The SMILES string of the molecule is N#CC(=C1CCN(C(=O)N2CCN=C(/C=N\N)C2)CC1)c1cccc(Cl)c1. The lowest BCUT2D eigenvalue weighted by Crippen LogP contribution is -2.50. The second-order valence-electron chi connectivity index (χ2n) is 6.44. The first-order chi connectivity index (χ1) is 13.1. The number of nitriles is 1. The quantitative estimate of drug-likeness (QED) is 0.367. The van der Waals surface area contributed by atoms with Crippen molar-refractivity contribution in [2.45, 2.75) is 12.8 Å². The minimum absolute atomic E-state index is 0.00636. The Bertz CT molecular complexity index is 844. The first-order valence-electron chi connectivity index (χ1n) is 8.81. The van der Waals surface area contributed by atoms with Gasteiger partial charge in [0.25, 0.3) is 0 Å². The lowest BCUT2D eigenvalue weighted by molar-refractivity contribution is 0.155. The number of likely N-dealkylation sites (tertiary alicyclic amines) is 1. The van der Waals surface area contributed by atoms with Crippen LogP contribution >= 0.6 is 11.6 Å². The third-order valence-electron chi connectivity index (χ3n) is 4.75. The van der Waals surface area contributed by atoms with Crippen molar-refractivity contribution in [3.05, 3.63) is 40.4 Å². The Morgan fingerprint density at radius 2 is 2.07 bits per heavy atom. The van der Waals surface area contributed by atoms with Crippen molar-refractivity contribution in [2.75, 3.05) is 32.7 Å². The molecule has 1 fully saturated rings. The summed E-state index contributed by atoms with van der Waals surface area (Å²) in [5.41, 5.74) is 3.27. The van der Waals surface area contributed by atoms with Gasteiger partial charge in [-0.05, 0) is 36.1 Å². The topological polar surface area (TPSA) is 98.1 Å². The highest BCUT2D eigenvalue weighted by Crippen LogP contribution is 2.28. The molecular weight excluding hydrogens is 364 g/mol. The van der Waals surface area contributed by atoms with Gasteiger partial charge >= 0.3 is 6.03 Å². The molecule has 2 aliphatic rings. The monoisotopic (exact) mass is 384 g/mol. The average Bonchev–Trinajstić information content (AvgIpc) is 2.69. The molecule has 7 nitrogen and oxygen atoms in total. The van der Waals surface area contributed by atoms with Crippen LogP contribution in [-0.4, -0.2) is 60.5 Å². The number of carbonyl (C=O) groups is 1. The van der Waals surface area contributed by atoms with E-state index in [9.17, 15) is 10.1 Å². The Labute approximate surface area is 163 Å². The number of allylic oxidation sites excluding steroid dienone is 1. The third-order valence-corrected chi connectivity index (χ3v) is 4.98. The molecule has 1 aromatic rings. The zero-order valence-corrected chi connectivity index (χ0v) is 15.7. The summed E-state index contributed by atoms with van der Waals surface area (Å²) in [6, 6.07) is 9.63. The minimum atomic E-state index is -0.00636. The highest BCUT2D eigenvalue weighted by molar-refractivity contribution is 6.32. The van der Waals surface area contributed by atoms with Crippen molar-refractivity contribution in [1.29, 1.82) is 5.26 Å². The number of piperidine rings is 1. The van der Waals surface area contributed by atoms with Crippen LogP contribution in [0.4, 0.5) is 4.79 Å². The molecule has 1 saturated heterocycles. The summed E-state index contributed by atoms with van der Waals surface area (Å²) < 4.78 is 0. The highest BCUT2D eigenvalue weighted by atomic mass is 35.5. The highest BCUT2D eigenvalue weighted by Gasteiger charge is 2.27. The molecular formula is C19H21ClN6O. The molecule has 0 saturated carbocycles. The molecule has 140 valence electrons. The molecule has 0 aliphatic carbocycles. The van der Waals surface area contributed by atoms with E-state index in [0.717, 1.165) is 11.1 Å². The van der Waals surface area contributed by atoms with E-state index < -0.39 is 0 Å². The second kappa shape index (κ2) is 8.69. The minimum Gasteiger partial charge on any atom is -0.324 e. The number of aliphatic imine (C=N–C) groups is 1.